The van der Waals surface area contributed by atoms with Gasteiger partial charge in [0.25, 0.3) is 0 Å². The Morgan fingerprint density at radius 2 is 1.70 bits per heavy atom. The van der Waals surface area contributed by atoms with Crippen LogP contribution < -0.4 is 20.5 Å². The number of hydrogen-bond acceptors (Lipinski definition) is 5. The van der Waals surface area contributed by atoms with Gasteiger partial charge in [0.1, 0.15) is 5.82 Å². The molecule has 2 aliphatic rings. The molecule has 1 aliphatic carbocycles. The van der Waals surface area contributed by atoms with Crippen LogP contribution in [0, 0.1) is 6.92 Å². The van der Waals surface area contributed by atoms with Crippen LogP contribution in [0.1, 0.15) is 34.3 Å². The Morgan fingerprint density at radius 3 is 2.36 bits per heavy atom. The number of benzene rings is 2. The Kier molecular flexibility index (Phi) is 4.59. The van der Waals surface area contributed by atoms with Crippen molar-refractivity contribution in [2.45, 2.75) is 31.5 Å². The molecule has 2 amide bonds. The van der Waals surface area contributed by atoms with E-state index < -0.39 is 17.6 Å². The molecule has 3 N–H and O–H groups in total. The predicted octanol–water partition coefficient (Wildman–Crippen LogP) is 4.15. The van der Waals surface area contributed by atoms with Gasteiger partial charge in [0, 0.05) is 11.1 Å². The molecule has 1 aromatic heterocycles. The largest absolute Gasteiger partial charge is 0.586 e. The maximum atomic E-state index is 13.3. The van der Waals surface area contributed by atoms with Crippen molar-refractivity contribution in [3.8, 4) is 22.8 Å². The van der Waals surface area contributed by atoms with Crippen LogP contribution in [0.2, 0.25) is 0 Å². The number of amides is 2. The monoisotopic (exact) mass is 451 g/mol. The summed E-state index contributed by atoms with van der Waals surface area (Å²) in [6.45, 7) is 1.89. The molecule has 1 saturated carbocycles. The fourth-order valence-corrected chi connectivity index (χ4v) is 3.94. The van der Waals surface area contributed by atoms with Crippen LogP contribution in [0.4, 0.5) is 14.6 Å². The van der Waals surface area contributed by atoms with E-state index in [2.05, 4.69) is 19.8 Å². The number of carbonyl (C=O) groups is 2. The van der Waals surface area contributed by atoms with Gasteiger partial charge in [-0.3, -0.25) is 9.59 Å². The van der Waals surface area contributed by atoms with Gasteiger partial charge in [-0.25, -0.2) is 4.98 Å². The molecule has 0 spiro atoms. The number of anilines is 1. The molecule has 7 nitrogen and oxygen atoms in total. The Labute approximate surface area is 187 Å². The molecule has 9 heteroatoms. The molecular weight excluding hydrogens is 432 g/mol. The second kappa shape index (κ2) is 7.26. The van der Waals surface area contributed by atoms with Gasteiger partial charge in [0.2, 0.25) is 11.8 Å². The minimum Gasteiger partial charge on any atom is -0.395 e. The molecular formula is C24H19F2N3O4. The van der Waals surface area contributed by atoms with Gasteiger partial charge in [-0.1, -0.05) is 24.3 Å². The van der Waals surface area contributed by atoms with E-state index in [1.807, 2.05) is 13.0 Å². The lowest BCUT2D eigenvalue weighted by Gasteiger charge is -2.17. The number of hydrogen-bond donors (Lipinski definition) is 2. The van der Waals surface area contributed by atoms with E-state index >= 15 is 0 Å². The maximum absolute atomic E-state index is 13.3. The number of pyridine rings is 1. The molecule has 168 valence electrons. The maximum Gasteiger partial charge on any atom is 0.586 e. The first-order valence-electron chi connectivity index (χ1n) is 10.3. The van der Waals surface area contributed by atoms with Gasteiger partial charge in [0.15, 0.2) is 11.5 Å². The third kappa shape index (κ3) is 3.75. The lowest BCUT2D eigenvalue weighted by molar-refractivity contribution is -0.286. The number of fused-ring (bicyclic) bond motifs is 1. The molecule has 2 heterocycles. The summed E-state index contributed by atoms with van der Waals surface area (Å²) in [5.41, 5.74) is 7.73. The van der Waals surface area contributed by atoms with E-state index in [9.17, 15) is 18.4 Å². The Balaban J connectivity index is 1.38. The van der Waals surface area contributed by atoms with Crippen LogP contribution in [0.3, 0.4) is 0 Å². The number of aromatic nitrogens is 1. The molecule has 0 atom stereocenters. The number of aryl methyl sites for hydroxylation is 1. The number of ether oxygens (including phenoxy) is 2. The number of nitrogens with one attached hydrogen (secondary N) is 1. The Hall–Kier alpha value is -4.01. The fraction of sp³-hybridized carbons (Fsp3) is 0.208. The van der Waals surface area contributed by atoms with Crippen LogP contribution in [0.5, 0.6) is 11.5 Å². The van der Waals surface area contributed by atoms with E-state index in [0.29, 0.717) is 35.5 Å². The Bertz CT molecular complexity index is 1290. The van der Waals surface area contributed by atoms with Crippen molar-refractivity contribution in [2.24, 2.45) is 5.73 Å². The van der Waals surface area contributed by atoms with Gasteiger partial charge >= 0.3 is 6.29 Å². The van der Waals surface area contributed by atoms with Gasteiger partial charge in [-0.15, -0.1) is 8.78 Å². The van der Waals surface area contributed by atoms with Crippen LogP contribution in [-0.4, -0.2) is 23.1 Å². The summed E-state index contributed by atoms with van der Waals surface area (Å²) in [6.07, 6.45) is -2.57. The van der Waals surface area contributed by atoms with E-state index in [-0.39, 0.29) is 17.4 Å². The third-order valence-corrected chi connectivity index (χ3v) is 5.92. The zero-order chi connectivity index (χ0) is 23.4. The van der Waals surface area contributed by atoms with E-state index in [1.165, 1.54) is 12.1 Å². The van der Waals surface area contributed by atoms with E-state index in [0.717, 1.165) is 11.1 Å². The topological polar surface area (TPSA) is 104 Å². The summed E-state index contributed by atoms with van der Waals surface area (Å²) < 4.78 is 35.6. The van der Waals surface area contributed by atoms with Crippen molar-refractivity contribution in [1.82, 2.24) is 4.98 Å². The molecule has 0 radical (unpaired) electrons. The lowest BCUT2D eigenvalue weighted by atomic mass is 9.94. The van der Waals surface area contributed by atoms with Crippen LogP contribution >= 0.6 is 0 Å². The standard InChI is InChI=1S/C24H19F2N3O4/c1-13-2-9-19(28-20(13)14-3-5-15(6-4-14)21(27)30)29-22(31)23(10-11-23)16-7-8-17-18(12-16)33-24(25,26)32-17/h2-9,12H,10-11H2,1H3,(H2,27,30)(H,28,29,31). The highest BCUT2D eigenvalue weighted by atomic mass is 19.3. The minimum atomic E-state index is -3.71. The quantitative estimate of drug-likeness (QED) is 0.607. The summed E-state index contributed by atoms with van der Waals surface area (Å²) in [7, 11) is 0. The number of nitrogens with two attached hydrogens (primary N) is 1. The highest BCUT2D eigenvalue weighted by Gasteiger charge is 2.53. The fourth-order valence-electron chi connectivity index (χ4n) is 3.94. The minimum absolute atomic E-state index is 0.0628. The summed E-state index contributed by atoms with van der Waals surface area (Å²) in [6, 6.07) is 14.7. The number of halogens is 2. The molecule has 0 unspecified atom stereocenters. The summed E-state index contributed by atoms with van der Waals surface area (Å²) in [5.74, 6) is -0.592. The molecule has 1 fully saturated rings. The van der Waals surface area contributed by atoms with Gasteiger partial charge in [0.05, 0.1) is 11.1 Å². The van der Waals surface area contributed by atoms with Crippen molar-refractivity contribution in [3.05, 3.63) is 71.3 Å². The van der Waals surface area contributed by atoms with Crippen molar-refractivity contribution in [1.29, 1.82) is 0 Å². The molecule has 1 aliphatic heterocycles. The van der Waals surface area contributed by atoms with Crippen molar-refractivity contribution >= 4 is 17.6 Å². The highest BCUT2D eigenvalue weighted by Crippen LogP contribution is 2.52. The third-order valence-electron chi connectivity index (χ3n) is 5.92. The summed E-state index contributed by atoms with van der Waals surface area (Å²) in [4.78, 5) is 29.0. The van der Waals surface area contributed by atoms with E-state index in [1.54, 1.807) is 36.4 Å². The van der Waals surface area contributed by atoms with Gasteiger partial charge in [-0.05, 0) is 61.2 Å². The first kappa shape index (κ1) is 20.9. The van der Waals surface area contributed by atoms with Crippen molar-refractivity contribution in [2.75, 3.05) is 5.32 Å². The molecule has 5 rings (SSSR count). The second-order valence-electron chi connectivity index (χ2n) is 8.17. The SMILES string of the molecule is Cc1ccc(NC(=O)C2(c3ccc4c(c3)OC(F)(F)O4)CC2)nc1-c1ccc(C(N)=O)cc1. The lowest BCUT2D eigenvalue weighted by Crippen LogP contribution is -2.28. The second-order valence-corrected chi connectivity index (χ2v) is 8.17. The number of nitrogens with zero attached hydrogens (tertiary/aromatic N) is 1. The zero-order valence-corrected chi connectivity index (χ0v) is 17.5. The number of primary amides is 1. The van der Waals surface area contributed by atoms with Crippen LogP contribution in [-0.2, 0) is 10.2 Å². The van der Waals surface area contributed by atoms with Crippen molar-refractivity contribution in [3.63, 3.8) is 0 Å². The number of rotatable bonds is 5. The van der Waals surface area contributed by atoms with Crippen LogP contribution in [0.15, 0.2) is 54.6 Å². The van der Waals surface area contributed by atoms with Gasteiger partial charge in [-0.2, -0.15) is 0 Å². The molecule has 2 aromatic carbocycles. The molecule has 0 saturated heterocycles. The predicted molar refractivity (Wildman–Crippen MR) is 115 cm³/mol. The first-order chi connectivity index (χ1) is 15.7. The number of carbonyl (C=O) groups excluding carboxylic acids is 2. The highest BCUT2D eigenvalue weighted by molar-refractivity contribution is 6.01. The molecule has 0 bridgehead atoms. The number of alkyl halides is 2. The van der Waals surface area contributed by atoms with Crippen molar-refractivity contribution < 1.29 is 27.8 Å². The first-order valence-corrected chi connectivity index (χ1v) is 10.3. The normalized spacial score (nSPS) is 16.8. The summed E-state index contributed by atoms with van der Waals surface area (Å²) >= 11 is 0. The smallest absolute Gasteiger partial charge is 0.395 e. The van der Waals surface area contributed by atoms with Gasteiger partial charge < -0.3 is 20.5 Å². The van der Waals surface area contributed by atoms with Crippen LogP contribution in [0.25, 0.3) is 11.3 Å². The zero-order valence-electron chi connectivity index (χ0n) is 17.5. The average Bonchev–Trinajstić information content (AvgIpc) is 3.52. The molecule has 3 aromatic rings. The summed E-state index contributed by atoms with van der Waals surface area (Å²) in [5, 5.41) is 2.85. The average molecular weight is 451 g/mol. The molecule has 33 heavy (non-hydrogen) atoms. The Morgan fingerprint density at radius 1 is 1.00 bits per heavy atom. The van der Waals surface area contributed by atoms with E-state index in [4.69, 9.17) is 5.73 Å².